The van der Waals surface area contributed by atoms with E-state index in [1.165, 1.54) is 24.5 Å². The molecule has 2 aromatic carbocycles. The molecule has 0 bridgehead atoms. The van der Waals surface area contributed by atoms with E-state index in [2.05, 4.69) is 29.6 Å². The summed E-state index contributed by atoms with van der Waals surface area (Å²) in [5.41, 5.74) is 3.05. The molecule has 0 atom stereocenters. The Morgan fingerprint density at radius 1 is 1.11 bits per heavy atom. The molecule has 3 heteroatoms. The van der Waals surface area contributed by atoms with Crippen LogP contribution in [0.3, 0.4) is 0 Å². The lowest BCUT2D eigenvalue weighted by molar-refractivity contribution is 0.630. The highest BCUT2D eigenvalue weighted by atomic mass is 35.5. The standard InChI is InChI=1S/C16H15ClFN/c17-14-7-8-16(15(18)9-14)19-10-11-1-3-12(4-2-11)13-5-6-13/h1-4,7-9,13,19H,5-6,10H2. The first-order chi connectivity index (χ1) is 9.22. The number of rotatable bonds is 4. The molecule has 1 N–H and O–H groups in total. The smallest absolute Gasteiger partial charge is 0.147 e. The molecule has 0 aliphatic heterocycles. The van der Waals surface area contributed by atoms with Crippen LogP contribution in [0.1, 0.15) is 29.9 Å². The molecular weight excluding hydrogens is 261 g/mol. The number of anilines is 1. The van der Waals surface area contributed by atoms with Gasteiger partial charge in [0.1, 0.15) is 5.82 Å². The van der Waals surface area contributed by atoms with Crippen molar-refractivity contribution >= 4 is 17.3 Å². The molecule has 19 heavy (non-hydrogen) atoms. The molecule has 3 rings (SSSR count). The maximum Gasteiger partial charge on any atom is 0.147 e. The van der Waals surface area contributed by atoms with Crippen LogP contribution in [0, 0.1) is 5.82 Å². The summed E-state index contributed by atoms with van der Waals surface area (Å²) < 4.78 is 13.6. The maximum absolute atomic E-state index is 13.6. The van der Waals surface area contributed by atoms with Crippen LogP contribution < -0.4 is 5.32 Å². The molecule has 0 radical (unpaired) electrons. The van der Waals surface area contributed by atoms with Crippen molar-refractivity contribution in [3.63, 3.8) is 0 Å². The second kappa shape index (κ2) is 5.22. The van der Waals surface area contributed by atoms with Crippen molar-refractivity contribution in [2.75, 3.05) is 5.32 Å². The van der Waals surface area contributed by atoms with Gasteiger partial charge in [0.25, 0.3) is 0 Å². The minimum absolute atomic E-state index is 0.317. The average molecular weight is 276 g/mol. The van der Waals surface area contributed by atoms with Gasteiger partial charge in [-0.15, -0.1) is 0 Å². The second-order valence-electron chi connectivity index (χ2n) is 4.99. The summed E-state index contributed by atoms with van der Waals surface area (Å²) in [6.07, 6.45) is 2.63. The molecule has 1 saturated carbocycles. The Hall–Kier alpha value is -1.54. The molecule has 0 heterocycles. The number of hydrogen-bond donors (Lipinski definition) is 1. The molecule has 1 fully saturated rings. The Kier molecular flexibility index (Phi) is 3.43. The van der Waals surface area contributed by atoms with E-state index in [-0.39, 0.29) is 5.82 Å². The summed E-state index contributed by atoms with van der Waals surface area (Å²) in [5.74, 6) is 0.456. The van der Waals surface area contributed by atoms with Crippen LogP contribution in [0.5, 0.6) is 0 Å². The lowest BCUT2D eigenvalue weighted by Gasteiger charge is -2.08. The molecular formula is C16H15ClFN. The number of hydrogen-bond acceptors (Lipinski definition) is 1. The zero-order chi connectivity index (χ0) is 13.2. The van der Waals surface area contributed by atoms with Gasteiger partial charge in [-0.25, -0.2) is 4.39 Å². The Morgan fingerprint density at radius 3 is 2.47 bits per heavy atom. The van der Waals surface area contributed by atoms with Crippen molar-refractivity contribution in [2.45, 2.75) is 25.3 Å². The predicted molar refractivity (Wildman–Crippen MR) is 77.2 cm³/mol. The lowest BCUT2D eigenvalue weighted by Crippen LogP contribution is -2.01. The molecule has 1 aliphatic rings. The average Bonchev–Trinajstić information content (AvgIpc) is 3.23. The number of halogens is 2. The second-order valence-corrected chi connectivity index (χ2v) is 5.43. The van der Waals surface area contributed by atoms with Gasteiger partial charge in [0, 0.05) is 11.6 Å². The van der Waals surface area contributed by atoms with Crippen molar-refractivity contribution < 1.29 is 4.39 Å². The van der Waals surface area contributed by atoms with E-state index >= 15 is 0 Å². The van der Waals surface area contributed by atoms with Crippen LogP contribution in [-0.4, -0.2) is 0 Å². The van der Waals surface area contributed by atoms with Crippen LogP contribution >= 0.6 is 11.6 Å². The van der Waals surface area contributed by atoms with Crippen LogP contribution in [0.2, 0.25) is 5.02 Å². The van der Waals surface area contributed by atoms with E-state index in [9.17, 15) is 4.39 Å². The fourth-order valence-corrected chi connectivity index (χ4v) is 2.31. The molecule has 2 aromatic rings. The van der Waals surface area contributed by atoms with Crippen LogP contribution in [0.25, 0.3) is 0 Å². The summed E-state index contributed by atoms with van der Waals surface area (Å²) in [4.78, 5) is 0. The topological polar surface area (TPSA) is 12.0 Å². The minimum Gasteiger partial charge on any atom is -0.379 e. The number of benzene rings is 2. The quantitative estimate of drug-likeness (QED) is 0.831. The van der Waals surface area contributed by atoms with Crippen LogP contribution in [-0.2, 0) is 6.54 Å². The van der Waals surface area contributed by atoms with Gasteiger partial charge >= 0.3 is 0 Å². The zero-order valence-electron chi connectivity index (χ0n) is 10.5. The Labute approximate surface area is 117 Å². The van der Waals surface area contributed by atoms with Gasteiger partial charge < -0.3 is 5.32 Å². The summed E-state index contributed by atoms with van der Waals surface area (Å²) in [7, 11) is 0. The van der Waals surface area contributed by atoms with Gasteiger partial charge in [-0.1, -0.05) is 35.9 Å². The molecule has 0 unspecified atom stereocenters. The first-order valence-electron chi connectivity index (χ1n) is 6.50. The predicted octanol–water partition coefficient (Wildman–Crippen LogP) is 4.97. The Morgan fingerprint density at radius 2 is 1.84 bits per heavy atom. The minimum atomic E-state index is -0.317. The molecule has 1 aliphatic carbocycles. The first kappa shape index (κ1) is 12.5. The van der Waals surface area contributed by atoms with Crippen LogP contribution in [0.15, 0.2) is 42.5 Å². The molecule has 0 aromatic heterocycles. The highest BCUT2D eigenvalue weighted by Crippen LogP contribution is 2.39. The van der Waals surface area contributed by atoms with Crippen molar-refractivity contribution in [3.05, 3.63) is 64.4 Å². The van der Waals surface area contributed by atoms with Crippen LogP contribution in [0.4, 0.5) is 10.1 Å². The SMILES string of the molecule is Fc1cc(Cl)ccc1NCc1ccc(C2CC2)cc1. The van der Waals surface area contributed by atoms with E-state index in [1.807, 2.05) is 0 Å². The molecule has 0 amide bonds. The van der Waals surface area contributed by atoms with E-state index < -0.39 is 0 Å². The third-order valence-corrected chi connectivity index (χ3v) is 3.68. The Bertz CT molecular complexity index is 576. The van der Waals surface area contributed by atoms with Gasteiger partial charge in [0.05, 0.1) is 5.69 Å². The largest absolute Gasteiger partial charge is 0.379 e. The highest BCUT2D eigenvalue weighted by Gasteiger charge is 2.22. The van der Waals surface area contributed by atoms with Crippen molar-refractivity contribution in [2.24, 2.45) is 0 Å². The summed E-state index contributed by atoms with van der Waals surface area (Å²) in [6.45, 7) is 0.615. The lowest BCUT2D eigenvalue weighted by atomic mass is 10.1. The van der Waals surface area contributed by atoms with Gasteiger partial charge in [-0.05, 0) is 48.1 Å². The fourth-order valence-electron chi connectivity index (χ4n) is 2.15. The third kappa shape index (κ3) is 3.07. The summed E-state index contributed by atoms with van der Waals surface area (Å²) in [5, 5.41) is 3.50. The fraction of sp³-hybridized carbons (Fsp3) is 0.250. The van der Waals surface area contributed by atoms with Crippen molar-refractivity contribution in [1.29, 1.82) is 0 Å². The van der Waals surface area contributed by atoms with E-state index in [1.54, 1.807) is 12.1 Å². The molecule has 1 nitrogen and oxygen atoms in total. The normalized spacial score (nSPS) is 14.4. The van der Waals surface area contributed by atoms with E-state index in [0.717, 1.165) is 11.5 Å². The highest BCUT2D eigenvalue weighted by molar-refractivity contribution is 6.30. The monoisotopic (exact) mass is 275 g/mol. The van der Waals surface area contributed by atoms with E-state index in [4.69, 9.17) is 11.6 Å². The van der Waals surface area contributed by atoms with Crippen molar-refractivity contribution in [3.8, 4) is 0 Å². The zero-order valence-corrected chi connectivity index (χ0v) is 11.3. The molecule has 98 valence electrons. The summed E-state index contributed by atoms with van der Waals surface area (Å²) in [6, 6.07) is 13.2. The maximum atomic E-state index is 13.6. The van der Waals surface area contributed by atoms with Gasteiger partial charge in [-0.3, -0.25) is 0 Å². The Balaban J connectivity index is 1.64. The summed E-state index contributed by atoms with van der Waals surface area (Å²) >= 11 is 5.72. The van der Waals surface area contributed by atoms with Gasteiger partial charge in [0.15, 0.2) is 0 Å². The van der Waals surface area contributed by atoms with Crippen molar-refractivity contribution in [1.82, 2.24) is 0 Å². The van der Waals surface area contributed by atoms with E-state index in [0.29, 0.717) is 17.3 Å². The third-order valence-electron chi connectivity index (χ3n) is 3.44. The molecule has 0 saturated heterocycles. The van der Waals surface area contributed by atoms with Gasteiger partial charge in [-0.2, -0.15) is 0 Å². The number of nitrogens with one attached hydrogen (secondary N) is 1. The van der Waals surface area contributed by atoms with Gasteiger partial charge in [0.2, 0.25) is 0 Å². The first-order valence-corrected chi connectivity index (χ1v) is 6.88. The molecule has 0 spiro atoms.